The van der Waals surface area contributed by atoms with Crippen molar-refractivity contribution in [1.29, 1.82) is 0 Å². The minimum absolute atomic E-state index is 0.229. The molecule has 0 saturated carbocycles. The minimum atomic E-state index is 0.229. The molecule has 0 radical (unpaired) electrons. The Labute approximate surface area is 100 Å². The molecule has 0 unspecified atom stereocenters. The topological polar surface area (TPSA) is 57.2 Å². The van der Waals surface area contributed by atoms with Gasteiger partial charge in [0.1, 0.15) is 5.15 Å². The van der Waals surface area contributed by atoms with Gasteiger partial charge in [0.15, 0.2) is 5.82 Å². The monoisotopic (exact) mass is 241 g/mol. The molecule has 0 saturated heterocycles. The molecule has 16 heavy (non-hydrogen) atoms. The number of fused-ring (bicyclic) bond motifs is 1. The highest BCUT2D eigenvalue weighted by molar-refractivity contribution is 6.29. The first kappa shape index (κ1) is 11.5. The summed E-state index contributed by atoms with van der Waals surface area (Å²) in [5.74, 6) is 0.819. The molecule has 0 bridgehead atoms. The Morgan fingerprint density at radius 1 is 1.62 bits per heavy atom. The predicted octanol–water partition coefficient (Wildman–Crippen LogP) is 2.02. The van der Waals surface area contributed by atoms with Crippen molar-refractivity contribution in [3.05, 3.63) is 16.8 Å². The summed E-state index contributed by atoms with van der Waals surface area (Å²) >= 11 is 5.92. The Kier molecular flexibility index (Phi) is 3.51. The van der Waals surface area contributed by atoms with Crippen molar-refractivity contribution in [1.82, 2.24) is 4.98 Å². The van der Waals surface area contributed by atoms with Crippen molar-refractivity contribution in [3.63, 3.8) is 0 Å². The lowest BCUT2D eigenvalue weighted by molar-refractivity contribution is 0.281. The van der Waals surface area contributed by atoms with Crippen LogP contribution in [0.3, 0.4) is 0 Å². The Morgan fingerprint density at radius 2 is 2.44 bits per heavy atom. The van der Waals surface area contributed by atoms with Crippen LogP contribution in [0.4, 0.5) is 11.5 Å². The molecule has 2 heterocycles. The van der Waals surface area contributed by atoms with Crippen molar-refractivity contribution < 1.29 is 5.11 Å². The Bertz CT molecular complexity index is 384. The number of aromatic nitrogens is 1. The number of pyridine rings is 1. The van der Waals surface area contributed by atoms with Gasteiger partial charge in [-0.2, -0.15) is 0 Å². The number of rotatable bonds is 3. The van der Waals surface area contributed by atoms with Gasteiger partial charge in [-0.25, -0.2) is 4.98 Å². The van der Waals surface area contributed by atoms with Gasteiger partial charge in [0, 0.05) is 19.2 Å². The van der Waals surface area contributed by atoms with E-state index >= 15 is 0 Å². The van der Waals surface area contributed by atoms with E-state index in [1.54, 1.807) is 0 Å². The molecule has 1 aromatic rings. The number of hydrogen-bond acceptors (Lipinski definition) is 4. The molecular weight excluding hydrogens is 226 g/mol. The highest BCUT2D eigenvalue weighted by atomic mass is 35.5. The highest BCUT2D eigenvalue weighted by Crippen LogP contribution is 2.30. The maximum Gasteiger partial charge on any atom is 0.151 e. The summed E-state index contributed by atoms with van der Waals surface area (Å²) in [6.07, 6.45) is 1.73. The van der Waals surface area contributed by atoms with Crippen molar-refractivity contribution >= 4 is 23.1 Å². The third-order valence-corrected chi connectivity index (χ3v) is 2.96. The number of nitrogens with zero attached hydrogens (tertiary/aromatic N) is 1. The third-order valence-electron chi connectivity index (χ3n) is 2.76. The second-order valence-electron chi connectivity index (χ2n) is 4.07. The van der Waals surface area contributed by atoms with Crippen LogP contribution >= 0.6 is 11.6 Å². The number of aryl methyl sites for hydroxylation is 1. The minimum Gasteiger partial charge on any atom is -0.396 e. The Balaban J connectivity index is 2.13. The van der Waals surface area contributed by atoms with Crippen LogP contribution in [0.15, 0.2) is 6.07 Å². The fourth-order valence-corrected chi connectivity index (χ4v) is 2.19. The van der Waals surface area contributed by atoms with Gasteiger partial charge in [-0.3, -0.25) is 0 Å². The Hall–Kier alpha value is -1.00. The standard InChI is InChI=1S/C11H16ClN3O/c1-7-5-9(12)15-11-10(7)13-6-8(14-11)3-2-4-16/h5,8,13,16H,2-4,6H2,1H3,(H,14,15)/t8-/m0/s1. The SMILES string of the molecule is Cc1cc(Cl)nc2c1NC[C@H](CCCO)N2. The van der Waals surface area contributed by atoms with Crippen molar-refractivity contribution in [2.75, 3.05) is 23.8 Å². The zero-order valence-electron chi connectivity index (χ0n) is 9.26. The molecule has 1 atom stereocenters. The summed E-state index contributed by atoms with van der Waals surface area (Å²) in [5.41, 5.74) is 2.13. The van der Waals surface area contributed by atoms with Crippen LogP contribution in [0.25, 0.3) is 0 Å². The van der Waals surface area contributed by atoms with Crippen LogP contribution in [-0.2, 0) is 0 Å². The number of nitrogens with one attached hydrogen (secondary N) is 2. The van der Waals surface area contributed by atoms with Gasteiger partial charge in [0.2, 0.25) is 0 Å². The van der Waals surface area contributed by atoms with Gasteiger partial charge in [-0.05, 0) is 31.4 Å². The van der Waals surface area contributed by atoms with E-state index < -0.39 is 0 Å². The van der Waals surface area contributed by atoms with E-state index in [0.29, 0.717) is 11.2 Å². The third kappa shape index (κ3) is 2.39. The number of anilines is 2. The molecule has 1 aromatic heterocycles. The van der Waals surface area contributed by atoms with Gasteiger partial charge < -0.3 is 15.7 Å². The van der Waals surface area contributed by atoms with Crippen LogP contribution in [-0.4, -0.2) is 29.3 Å². The average Bonchev–Trinajstić information content (AvgIpc) is 2.25. The molecule has 1 aliphatic rings. The van der Waals surface area contributed by atoms with Gasteiger partial charge in [-0.1, -0.05) is 11.6 Å². The summed E-state index contributed by atoms with van der Waals surface area (Å²) in [7, 11) is 0. The van der Waals surface area contributed by atoms with E-state index in [2.05, 4.69) is 15.6 Å². The lowest BCUT2D eigenvalue weighted by Crippen LogP contribution is -2.34. The Morgan fingerprint density at radius 3 is 3.19 bits per heavy atom. The fourth-order valence-electron chi connectivity index (χ4n) is 1.94. The van der Waals surface area contributed by atoms with Gasteiger partial charge in [0.25, 0.3) is 0 Å². The predicted molar refractivity (Wildman–Crippen MR) is 66.2 cm³/mol. The molecule has 88 valence electrons. The summed E-state index contributed by atoms with van der Waals surface area (Å²) in [6.45, 7) is 3.10. The molecule has 0 aromatic carbocycles. The lowest BCUT2D eigenvalue weighted by Gasteiger charge is -2.28. The number of hydrogen-bond donors (Lipinski definition) is 3. The van der Waals surface area contributed by atoms with Gasteiger partial charge in [0.05, 0.1) is 5.69 Å². The van der Waals surface area contributed by atoms with E-state index in [4.69, 9.17) is 16.7 Å². The molecule has 0 aliphatic carbocycles. The van der Waals surface area contributed by atoms with E-state index in [9.17, 15) is 0 Å². The largest absolute Gasteiger partial charge is 0.396 e. The van der Waals surface area contributed by atoms with E-state index in [1.165, 1.54) is 0 Å². The molecule has 0 spiro atoms. The summed E-state index contributed by atoms with van der Waals surface area (Å²) in [4.78, 5) is 4.26. The molecule has 0 amide bonds. The smallest absolute Gasteiger partial charge is 0.151 e. The van der Waals surface area contributed by atoms with Gasteiger partial charge >= 0.3 is 0 Å². The van der Waals surface area contributed by atoms with Crippen molar-refractivity contribution in [2.45, 2.75) is 25.8 Å². The molecule has 0 fully saturated rings. The van der Waals surface area contributed by atoms with E-state index in [1.807, 2.05) is 13.0 Å². The van der Waals surface area contributed by atoms with Crippen LogP contribution < -0.4 is 10.6 Å². The first-order valence-corrected chi connectivity index (χ1v) is 5.87. The molecular formula is C11H16ClN3O. The molecule has 4 nitrogen and oxygen atoms in total. The lowest BCUT2D eigenvalue weighted by atomic mass is 10.1. The second kappa shape index (κ2) is 4.89. The second-order valence-corrected chi connectivity index (χ2v) is 4.46. The molecule has 5 heteroatoms. The molecule has 1 aliphatic heterocycles. The quantitative estimate of drug-likeness (QED) is 0.709. The number of aliphatic hydroxyl groups is 1. The normalized spacial score (nSPS) is 18.6. The van der Waals surface area contributed by atoms with E-state index in [0.717, 1.165) is 36.5 Å². The van der Waals surface area contributed by atoms with Crippen LogP contribution in [0.5, 0.6) is 0 Å². The molecule has 3 N–H and O–H groups in total. The van der Waals surface area contributed by atoms with Crippen molar-refractivity contribution in [2.24, 2.45) is 0 Å². The average molecular weight is 242 g/mol. The first-order valence-electron chi connectivity index (χ1n) is 5.49. The number of halogens is 1. The zero-order valence-corrected chi connectivity index (χ0v) is 10.0. The zero-order chi connectivity index (χ0) is 11.5. The molecule has 2 rings (SSSR count). The van der Waals surface area contributed by atoms with Crippen LogP contribution in [0.1, 0.15) is 18.4 Å². The first-order chi connectivity index (χ1) is 7.70. The summed E-state index contributed by atoms with van der Waals surface area (Å²) in [6, 6.07) is 2.16. The van der Waals surface area contributed by atoms with Gasteiger partial charge in [-0.15, -0.1) is 0 Å². The highest BCUT2D eigenvalue weighted by Gasteiger charge is 2.19. The summed E-state index contributed by atoms with van der Waals surface area (Å²) < 4.78 is 0. The fraction of sp³-hybridized carbons (Fsp3) is 0.545. The van der Waals surface area contributed by atoms with Crippen LogP contribution in [0.2, 0.25) is 5.15 Å². The summed E-state index contributed by atoms with van der Waals surface area (Å²) in [5, 5.41) is 16.0. The van der Waals surface area contributed by atoms with Crippen LogP contribution in [0, 0.1) is 6.92 Å². The maximum absolute atomic E-state index is 8.80. The number of aliphatic hydroxyl groups excluding tert-OH is 1. The maximum atomic E-state index is 8.80. The van der Waals surface area contributed by atoms with E-state index in [-0.39, 0.29) is 6.61 Å². The van der Waals surface area contributed by atoms with Crippen molar-refractivity contribution in [3.8, 4) is 0 Å².